The van der Waals surface area contributed by atoms with Crippen LogP contribution in [0.1, 0.15) is 42.5 Å². The van der Waals surface area contributed by atoms with E-state index in [1.807, 2.05) is 0 Å². The summed E-state index contributed by atoms with van der Waals surface area (Å²) in [6, 6.07) is 14.1. The van der Waals surface area contributed by atoms with Crippen LogP contribution in [-0.2, 0) is 13.0 Å². The third kappa shape index (κ3) is 4.81. The van der Waals surface area contributed by atoms with E-state index in [4.69, 9.17) is 4.98 Å². The lowest BCUT2D eigenvalue weighted by Crippen LogP contribution is -2.45. The van der Waals surface area contributed by atoms with Gasteiger partial charge in [0.15, 0.2) is 0 Å². The topological polar surface area (TPSA) is 31.4 Å². The van der Waals surface area contributed by atoms with Gasteiger partial charge in [0.05, 0.1) is 0 Å². The largest absolute Gasteiger partial charge is 0.357 e. The molecule has 2 aliphatic rings. The van der Waals surface area contributed by atoms with E-state index in [9.17, 15) is 0 Å². The minimum Gasteiger partial charge on any atom is -0.357 e. The molecule has 2 fully saturated rings. The molecule has 0 radical (unpaired) electrons. The second kappa shape index (κ2) is 9.54. The lowest BCUT2D eigenvalue weighted by molar-refractivity contribution is 0.153. The molecule has 4 nitrogen and oxygen atoms in total. The molecule has 0 spiro atoms. The van der Waals surface area contributed by atoms with E-state index in [-0.39, 0.29) is 12.4 Å². The third-order valence-corrected chi connectivity index (χ3v) is 5.75. The van der Waals surface area contributed by atoms with Gasteiger partial charge in [-0.25, -0.2) is 4.98 Å². The predicted octanol–water partition coefficient (Wildman–Crippen LogP) is 3.81. The first-order valence-electron chi connectivity index (χ1n) is 10.1. The van der Waals surface area contributed by atoms with Crippen molar-refractivity contribution in [1.82, 2.24) is 15.2 Å². The summed E-state index contributed by atoms with van der Waals surface area (Å²) in [7, 11) is 0. The van der Waals surface area contributed by atoms with E-state index in [2.05, 4.69) is 64.6 Å². The first-order chi connectivity index (χ1) is 12.8. The highest BCUT2D eigenvalue weighted by molar-refractivity contribution is 5.85. The van der Waals surface area contributed by atoms with E-state index in [0.717, 1.165) is 51.5 Å². The normalized spacial score (nSPS) is 20.5. The van der Waals surface area contributed by atoms with Crippen LogP contribution in [-0.4, -0.2) is 42.6 Å². The molecule has 146 valence electrons. The molecule has 1 unspecified atom stereocenters. The molecule has 1 aromatic heterocycles. The first kappa shape index (κ1) is 20.1. The Kier molecular flexibility index (Phi) is 7.11. The zero-order valence-corrected chi connectivity index (χ0v) is 17.0. The van der Waals surface area contributed by atoms with Crippen LogP contribution in [0.4, 0.5) is 5.82 Å². The van der Waals surface area contributed by atoms with Gasteiger partial charge in [0, 0.05) is 51.5 Å². The SMILES string of the molecule is CCc1ccc(C2CNCCN2Cc2ccc(N3CCCC3)nc2)cc1.Cl. The minimum absolute atomic E-state index is 0. The molecule has 3 heterocycles. The number of pyridine rings is 1. The summed E-state index contributed by atoms with van der Waals surface area (Å²) >= 11 is 0. The van der Waals surface area contributed by atoms with E-state index in [1.165, 1.54) is 29.5 Å². The molecular formula is C22H31ClN4. The maximum Gasteiger partial charge on any atom is 0.128 e. The molecule has 1 N–H and O–H groups in total. The van der Waals surface area contributed by atoms with Crippen LogP contribution in [0.5, 0.6) is 0 Å². The fraction of sp³-hybridized carbons (Fsp3) is 0.500. The van der Waals surface area contributed by atoms with Crippen LogP contribution in [0.2, 0.25) is 0 Å². The first-order valence-corrected chi connectivity index (χ1v) is 10.1. The summed E-state index contributed by atoms with van der Waals surface area (Å²) in [6.07, 6.45) is 5.76. The van der Waals surface area contributed by atoms with Gasteiger partial charge in [0.1, 0.15) is 5.82 Å². The second-order valence-electron chi connectivity index (χ2n) is 7.50. The van der Waals surface area contributed by atoms with Gasteiger partial charge >= 0.3 is 0 Å². The van der Waals surface area contributed by atoms with Gasteiger partial charge in [-0.2, -0.15) is 0 Å². The summed E-state index contributed by atoms with van der Waals surface area (Å²) in [5.41, 5.74) is 4.13. The van der Waals surface area contributed by atoms with E-state index in [0.29, 0.717) is 6.04 Å². The van der Waals surface area contributed by atoms with Gasteiger partial charge in [-0.15, -0.1) is 12.4 Å². The van der Waals surface area contributed by atoms with Gasteiger partial charge < -0.3 is 10.2 Å². The number of rotatable bonds is 5. The average molecular weight is 387 g/mol. The molecule has 5 heteroatoms. The number of aromatic nitrogens is 1. The monoisotopic (exact) mass is 386 g/mol. The van der Waals surface area contributed by atoms with Crippen molar-refractivity contribution in [3.05, 3.63) is 59.3 Å². The molecule has 2 aliphatic heterocycles. The van der Waals surface area contributed by atoms with Crippen molar-refractivity contribution in [3.8, 4) is 0 Å². The van der Waals surface area contributed by atoms with Crippen molar-refractivity contribution >= 4 is 18.2 Å². The Hall–Kier alpha value is -1.62. The smallest absolute Gasteiger partial charge is 0.128 e. The number of halogens is 1. The molecule has 0 saturated carbocycles. The van der Waals surface area contributed by atoms with Crippen molar-refractivity contribution in [2.45, 2.75) is 38.8 Å². The lowest BCUT2D eigenvalue weighted by atomic mass is 10.0. The summed E-state index contributed by atoms with van der Waals surface area (Å²) < 4.78 is 0. The molecule has 2 saturated heterocycles. The molecule has 2 aromatic rings. The molecule has 1 atom stereocenters. The standard InChI is InChI=1S/C22H30N4.ClH/c1-2-18-5-8-20(9-6-18)21-16-23-11-14-26(21)17-19-7-10-22(24-15-19)25-12-3-4-13-25;/h5-10,15,21,23H,2-4,11-14,16-17H2,1H3;1H. The van der Waals surface area contributed by atoms with Crippen LogP contribution in [0.15, 0.2) is 42.6 Å². The van der Waals surface area contributed by atoms with Crippen LogP contribution >= 0.6 is 12.4 Å². The van der Waals surface area contributed by atoms with Gasteiger partial charge in [0.2, 0.25) is 0 Å². The lowest BCUT2D eigenvalue weighted by Gasteiger charge is -2.36. The Labute approximate surface area is 169 Å². The number of aryl methyl sites for hydroxylation is 1. The number of anilines is 1. The number of nitrogens with one attached hydrogen (secondary N) is 1. The number of hydrogen-bond donors (Lipinski definition) is 1. The number of benzene rings is 1. The Morgan fingerprint density at radius 3 is 2.41 bits per heavy atom. The highest BCUT2D eigenvalue weighted by Crippen LogP contribution is 2.25. The van der Waals surface area contributed by atoms with E-state index < -0.39 is 0 Å². The molecule has 0 amide bonds. The summed E-state index contributed by atoms with van der Waals surface area (Å²) in [5.74, 6) is 1.14. The minimum atomic E-state index is 0. The van der Waals surface area contributed by atoms with Crippen LogP contribution in [0.25, 0.3) is 0 Å². The predicted molar refractivity (Wildman–Crippen MR) is 115 cm³/mol. The van der Waals surface area contributed by atoms with E-state index in [1.54, 1.807) is 0 Å². The zero-order valence-electron chi connectivity index (χ0n) is 16.2. The Morgan fingerprint density at radius 1 is 1.00 bits per heavy atom. The molecule has 27 heavy (non-hydrogen) atoms. The van der Waals surface area contributed by atoms with Crippen molar-refractivity contribution in [1.29, 1.82) is 0 Å². The summed E-state index contributed by atoms with van der Waals surface area (Å²) in [6.45, 7) is 8.64. The molecular weight excluding hydrogens is 356 g/mol. The van der Waals surface area contributed by atoms with Gasteiger partial charge in [0.25, 0.3) is 0 Å². The van der Waals surface area contributed by atoms with Crippen molar-refractivity contribution in [2.75, 3.05) is 37.6 Å². The fourth-order valence-corrected chi connectivity index (χ4v) is 4.12. The van der Waals surface area contributed by atoms with Crippen molar-refractivity contribution < 1.29 is 0 Å². The van der Waals surface area contributed by atoms with Crippen LogP contribution in [0.3, 0.4) is 0 Å². The maximum absolute atomic E-state index is 4.73. The van der Waals surface area contributed by atoms with Crippen LogP contribution in [0, 0.1) is 0 Å². The quantitative estimate of drug-likeness (QED) is 0.846. The number of hydrogen-bond acceptors (Lipinski definition) is 4. The van der Waals surface area contributed by atoms with Crippen molar-refractivity contribution in [3.63, 3.8) is 0 Å². The highest BCUT2D eigenvalue weighted by atomic mass is 35.5. The zero-order chi connectivity index (χ0) is 17.8. The third-order valence-electron chi connectivity index (χ3n) is 5.75. The second-order valence-corrected chi connectivity index (χ2v) is 7.50. The van der Waals surface area contributed by atoms with Gasteiger partial charge in [-0.05, 0) is 42.0 Å². The average Bonchev–Trinajstić information content (AvgIpc) is 3.24. The number of nitrogens with zero attached hydrogens (tertiary/aromatic N) is 3. The molecule has 1 aromatic carbocycles. The summed E-state index contributed by atoms with van der Waals surface area (Å²) in [5, 5.41) is 3.56. The molecule has 0 bridgehead atoms. The fourth-order valence-electron chi connectivity index (χ4n) is 4.12. The molecule has 4 rings (SSSR count). The van der Waals surface area contributed by atoms with Gasteiger partial charge in [-0.3, -0.25) is 4.90 Å². The molecule has 0 aliphatic carbocycles. The van der Waals surface area contributed by atoms with Crippen molar-refractivity contribution in [2.24, 2.45) is 0 Å². The number of piperazine rings is 1. The van der Waals surface area contributed by atoms with Crippen LogP contribution < -0.4 is 10.2 Å². The maximum atomic E-state index is 4.73. The Bertz CT molecular complexity index is 695. The summed E-state index contributed by atoms with van der Waals surface area (Å²) in [4.78, 5) is 9.71. The Balaban J connectivity index is 0.00000210. The van der Waals surface area contributed by atoms with E-state index >= 15 is 0 Å². The van der Waals surface area contributed by atoms with Gasteiger partial charge in [-0.1, -0.05) is 37.3 Å². The Morgan fingerprint density at radius 2 is 1.74 bits per heavy atom. The highest BCUT2D eigenvalue weighted by Gasteiger charge is 2.24.